The van der Waals surface area contributed by atoms with Crippen molar-refractivity contribution in [1.29, 1.82) is 0 Å². The summed E-state index contributed by atoms with van der Waals surface area (Å²) in [5, 5.41) is 2.34. The van der Waals surface area contributed by atoms with E-state index in [1.54, 1.807) is 12.1 Å². The lowest BCUT2D eigenvalue weighted by Crippen LogP contribution is -2.04. The van der Waals surface area contributed by atoms with Crippen LogP contribution >= 0.6 is 0 Å². The van der Waals surface area contributed by atoms with E-state index >= 15 is 0 Å². The molecule has 0 unspecified atom stereocenters. The van der Waals surface area contributed by atoms with Gasteiger partial charge in [0.25, 0.3) is 0 Å². The molecule has 0 aromatic carbocycles. The van der Waals surface area contributed by atoms with E-state index < -0.39 is 0 Å². The number of aromatic nitrogens is 1. The molecule has 12 heavy (non-hydrogen) atoms. The van der Waals surface area contributed by atoms with E-state index in [0.717, 1.165) is 0 Å². The normalized spacial score (nSPS) is 9.08. The fourth-order valence-electron chi connectivity index (χ4n) is 0.860. The SMILES string of the molecule is CC(=O)c1cccnc1NC=O. The van der Waals surface area contributed by atoms with Crippen molar-refractivity contribution in [3.8, 4) is 0 Å². The Labute approximate surface area is 69.6 Å². The van der Waals surface area contributed by atoms with Crippen molar-refractivity contribution in [2.24, 2.45) is 0 Å². The Balaban J connectivity index is 3.07. The molecule has 1 amide bonds. The van der Waals surface area contributed by atoms with Crippen molar-refractivity contribution in [2.75, 3.05) is 5.32 Å². The molecule has 0 saturated heterocycles. The number of nitrogens with one attached hydrogen (secondary N) is 1. The Morgan fingerprint density at radius 3 is 3.00 bits per heavy atom. The summed E-state index contributed by atoms with van der Waals surface area (Å²) in [5.74, 6) is 0.187. The van der Waals surface area contributed by atoms with Gasteiger partial charge in [0.1, 0.15) is 5.82 Å². The maximum absolute atomic E-state index is 10.9. The lowest BCUT2D eigenvalue weighted by atomic mass is 10.2. The highest BCUT2D eigenvalue weighted by Crippen LogP contribution is 2.10. The summed E-state index contributed by atoms with van der Waals surface area (Å²) in [4.78, 5) is 24.9. The van der Waals surface area contributed by atoms with Gasteiger partial charge in [-0.15, -0.1) is 0 Å². The zero-order valence-corrected chi connectivity index (χ0v) is 6.57. The van der Waals surface area contributed by atoms with Gasteiger partial charge in [-0.3, -0.25) is 9.59 Å². The van der Waals surface area contributed by atoms with Crippen LogP contribution in [0, 0.1) is 0 Å². The molecule has 0 aliphatic carbocycles. The summed E-state index contributed by atoms with van der Waals surface area (Å²) in [6, 6.07) is 3.26. The van der Waals surface area contributed by atoms with Gasteiger partial charge >= 0.3 is 0 Å². The molecular formula is C8H8N2O2. The maximum atomic E-state index is 10.9. The van der Waals surface area contributed by atoms with Gasteiger partial charge in [0.2, 0.25) is 6.41 Å². The van der Waals surface area contributed by atoms with Gasteiger partial charge in [0.15, 0.2) is 5.78 Å². The average molecular weight is 164 g/mol. The number of Topliss-reactive ketones (excluding diaryl/α,β-unsaturated/α-hetero) is 1. The van der Waals surface area contributed by atoms with E-state index in [-0.39, 0.29) is 5.78 Å². The average Bonchev–Trinajstić information content (AvgIpc) is 2.05. The second-order valence-electron chi connectivity index (χ2n) is 2.22. The first kappa shape index (κ1) is 8.39. The van der Waals surface area contributed by atoms with Crippen molar-refractivity contribution in [3.05, 3.63) is 23.9 Å². The number of anilines is 1. The molecule has 62 valence electrons. The van der Waals surface area contributed by atoms with Crippen LogP contribution in [0.5, 0.6) is 0 Å². The van der Waals surface area contributed by atoms with E-state index in [2.05, 4.69) is 10.3 Å². The zero-order chi connectivity index (χ0) is 8.97. The van der Waals surface area contributed by atoms with Gasteiger partial charge in [-0.1, -0.05) is 0 Å². The number of hydrogen-bond donors (Lipinski definition) is 1. The molecular weight excluding hydrogens is 156 g/mol. The summed E-state index contributed by atoms with van der Waals surface area (Å²) in [6.07, 6.45) is 2.01. The van der Waals surface area contributed by atoms with E-state index in [9.17, 15) is 9.59 Å². The highest BCUT2D eigenvalue weighted by molar-refractivity contribution is 6.00. The lowest BCUT2D eigenvalue weighted by Gasteiger charge is -2.01. The summed E-state index contributed by atoms with van der Waals surface area (Å²) in [6.45, 7) is 1.42. The standard InChI is InChI=1S/C8H8N2O2/c1-6(12)7-3-2-4-9-8(7)10-5-11/h2-5H,1H3,(H,9,10,11). The smallest absolute Gasteiger partial charge is 0.212 e. The molecule has 4 nitrogen and oxygen atoms in total. The van der Waals surface area contributed by atoms with Crippen molar-refractivity contribution < 1.29 is 9.59 Å². The molecule has 0 aliphatic heterocycles. The van der Waals surface area contributed by atoms with E-state index in [0.29, 0.717) is 17.8 Å². The first-order chi connectivity index (χ1) is 5.75. The second kappa shape index (κ2) is 3.61. The van der Waals surface area contributed by atoms with Crippen LogP contribution in [0.4, 0.5) is 5.82 Å². The minimum atomic E-state index is -0.118. The van der Waals surface area contributed by atoms with Gasteiger partial charge in [0, 0.05) is 6.20 Å². The molecule has 4 heteroatoms. The minimum absolute atomic E-state index is 0.118. The summed E-state index contributed by atoms with van der Waals surface area (Å²) >= 11 is 0. The third-order valence-electron chi connectivity index (χ3n) is 1.38. The number of pyridine rings is 1. The van der Waals surface area contributed by atoms with Crippen LogP contribution in [-0.4, -0.2) is 17.2 Å². The monoisotopic (exact) mass is 164 g/mol. The van der Waals surface area contributed by atoms with E-state index in [1.165, 1.54) is 13.1 Å². The van der Waals surface area contributed by atoms with Crippen LogP contribution in [0.1, 0.15) is 17.3 Å². The third kappa shape index (κ3) is 1.66. The molecule has 1 N–H and O–H groups in total. The number of amides is 1. The Bertz CT molecular complexity index is 310. The van der Waals surface area contributed by atoms with Crippen LogP contribution in [-0.2, 0) is 4.79 Å². The van der Waals surface area contributed by atoms with Gasteiger partial charge in [-0.2, -0.15) is 0 Å². The van der Waals surface area contributed by atoms with Gasteiger partial charge in [-0.25, -0.2) is 4.98 Å². The second-order valence-corrected chi connectivity index (χ2v) is 2.22. The molecule has 0 atom stereocenters. The summed E-state index contributed by atoms with van der Waals surface area (Å²) in [7, 11) is 0. The molecule has 1 rings (SSSR count). The molecule has 0 spiro atoms. The largest absolute Gasteiger partial charge is 0.313 e. The Morgan fingerprint density at radius 2 is 2.42 bits per heavy atom. The molecule has 0 fully saturated rings. The van der Waals surface area contributed by atoms with Crippen molar-refractivity contribution in [2.45, 2.75) is 6.92 Å². The fraction of sp³-hybridized carbons (Fsp3) is 0.125. The van der Waals surface area contributed by atoms with Gasteiger partial charge in [0.05, 0.1) is 5.56 Å². The first-order valence-corrected chi connectivity index (χ1v) is 3.42. The quantitative estimate of drug-likeness (QED) is 0.532. The van der Waals surface area contributed by atoms with Crippen molar-refractivity contribution >= 4 is 18.0 Å². The lowest BCUT2D eigenvalue weighted by molar-refractivity contribution is -0.105. The molecule has 1 aromatic rings. The molecule has 0 aliphatic rings. The highest BCUT2D eigenvalue weighted by Gasteiger charge is 2.05. The summed E-state index contributed by atoms with van der Waals surface area (Å²) in [5.41, 5.74) is 0.421. The van der Waals surface area contributed by atoms with Crippen LogP contribution < -0.4 is 5.32 Å². The molecule has 0 bridgehead atoms. The number of carbonyl (C=O) groups excluding carboxylic acids is 2. The van der Waals surface area contributed by atoms with Crippen molar-refractivity contribution in [1.82, 2.24) is 4.98 Å². The molecule has 1 heterocycles. The molecule has 0 saturated carbocycles. The Hall–Kier alpha value is -1.71. The predicted octanol–water partition coefficient (Wildman–Crippen LogP) is 0.853. The predicted molar refractivity (Wildman–Crippen MR) is 43.9 cm³/mol. The number of carbonyl (C=O) groups is 2. The van der Waals surface area contributed by atoms with Crippen LogP contribution in [0.3, 0.4) is 0 Å². The highest BCUT2D eigenvalue weighted by atomic mass is 16.1. The van der Waals surface area contributed by atoms with E-state index in [4.69, 9.17) is 0 Å². The van der Waals surface area contributed by atoms with Crippen molar-refractivity contribution in [3.63, 3.8) is 0 Å². The Morgan fingerprint density at radius 1 is 1.67 bits per heavy atom. The number of ketones is 1. The third-order valence-corrected chi connectivity index (χ3v) is 1.38. The molecule has 0 radical (unpaired) electrons. The number of rotatable bonds is 3. The van der Waals surface area contributed by atoms with Crippen LogP contribution in [0.2, 0.25) is 0 Å². The van der Waals surface area contributed by atoms with Crippen LogP contribution in [0.15, 0.2) is 18.3 Å². The maximum Gasteiger partial charge on any atom is 0.212 e. The topological polar surface area (TPSA) is 59.1 Å². The minimum Gasteiger partial charge on any atom is -0.313 e. The van der Waals surface area contributed by atoms with Gasteiger partial charge < -0.3 is 5.32 Å². The van der Waals surface area contributed by atoms with Gasteiger partial charge in [-0.05, 0) is 19.1 Å². The molecule has 1 aromatic heterocycles. The van der Waals surface area contributed by atoms with Crippen LogP contribution in [0.25, 0.3) is 0 Å². The number of nitrogens with zero attached hydrogens (tertiary/aromatic N) is 1. The Kier molecular flexibility index (Phi) is 2.53. The number of hydrogen-bond acceptors (Lipinski definition) is 3. The zero-order valence-electron chi connectivity index (χ0n) is 6.57. The first-order valence-electron chi connectivity index (χ1n) is 3.42. The van der Waals surface area contributed by atoms with E-state index in [1.807, 2.05) is 0 Å². The summed E-state index contributed by atoms with van der Waals surface area (Å²) < 4.78 is 0. The fourth-order valence-corrected chi connectivity index (χ4v) is 0.860.